The number of carboxylic acids is 1. The second kappa shape index (κ2) is 6.89. The first-order chi connectivity index (χ1) is 10.7. The van der Waals surface area contributed by atoms with Crippen LogP contribution in [0.15, 0.2) is 35.8 Å². The topological polar surface area (TPSA) is 62.7 Å². The van der Waals surface area contributed by atoms with Crippen LogP contribution in [-0.4, -0.2) is 34.1 Å². The van der Waals surface area contributed by atoms with Crippen LogP contribution in [-0.2, 0) is 11.3 Å². The first-order valence-electron chi connectivity index (χ1n) is 7.30. The third-order valence-corrected chi connectivity index (χ3v) is 4.67. The van der Waals surface area contributed by atoms with Gasteiger partial charge in [-0.1, -0.05) is 18.2 Å². The fourth-order valence-electron chi connectivity index (χ4n) is 2.83. The molecule has 1 aromatic heterocycles. The summed E-state index contributed by atoms with van der Waals surface area (Å²) in [4.78, 5) is 17.5. The van der Waals surface area contributed by atoms with Crippen LogP contribution in [0.5, 0.6) is 5.75 Å². The Bertz CT molecular complexity index is 630. The van der Waals surface area contributed by atoms with Crippen LogP contribution in [0.4, 0.5) is 0 Å². The zero-order chi connectivity index (χ0) is 15.4. The smallest absolute Gasteiger partial charge is 0.341 e. The van der Waals surface area contributed by atoms with E-state index in [1.54, 1.807) is 11.3 Å². The molecule has 22 heavy (non-hydrogen) atoms. The van der Waals surface area contributed by atoms with Crippen molar-refractivity contribution >= 4 is 17.3 Å². The maximum Gasteiger partial charge on any atom is 0.341 e. The Morgan fingerprint density at radius 3 is 3.09 bits per heavy atom. The van der Waals surface area contributed by atoms with Gasteiger partial charge in [0.05, 0.1) is 6.04 Å². The Balaban J connectivity index is 1.73. The highest BCUT2D eigenvalue weighted by atomic mass is 32.1. The number of nitrogens with zero attached hydrogens (tertiary/aromatic N) is 2. The van der Waals surface area contributed by atoms with E-state index < -0.39 is 5.97 Å². The van der Waals surface area contributed by atoms with Crippen LogP contribution in [0.1, 0.15) is 29.5 Å². The standard InChI is InChI=1S/C16H18N2O3S/c19-15(20)11-21-14-6-2-1-4-12(14)10-18-8-3-5-13(18)16-17-7-9-22-16/h1-2,4,6-7,9,13H,3,5,8,10-11H2,(H,19,20)/t13-/m0/s1. The number of aromatic nitrogens is 1. The van der Waals surface area contributed by atoms with Crippen molar-refractivity contribution in [1.29, 1.82) is 0 Å². The van der Waals surface area contributed by atoms with Gasteiger partial charge in [-0.3, -0.25) is 4.90 Å². The van der Waals surface area contributed by atoms with E-state index in [4.69, 9.17) is 9.84 Å². The fraction of sp³-hybridized carbons (Fsp3) is 0.375. The minimum Gasteiger partial charge on any atom is -0.482 e. The maximum absolute atomic E-state index is 10.7. The molecule has 1 fully saturated rings. The Hall–Kier alpha value is -1.92. The zero-order valence-corrected chi connectivity index (χ0v) is 13.0. The van der Waals surface area contributed by atoms with Crippen LogP contribution in [0.2, 0.25) is 0 Å². The fourth-order valence-corrected chi connectivity index (χ4v) is 3.63. The summed E-state index contributed by atoms with van der Waals surface area (Å²) < 4.78 is 5.40. The number of carbonyl (C=O) groups is 1. The lowest BCUT2D eigenvalue weighted by molar-refractivity contribution is -0.139. The van der Waals surface area contributed by atoms with Gasteiger partial charge in [0, 0.05) is 23.7 Å². The summed E-state index contributed by atoms with van der Waals surface area (Å²) in [5.41, 5.74) is 1.02. The molecular weight excluding hydrogens is 300 g/mol. The molecule has 0 unspecified atom stereocenters. The molecular formula is C16H18N2O3S. The molecule has 0 aliphatic carbocycles. The minimum absolute atomic E-state index is 0.313. The predicted molar refractivity (Wildman–Crippen MR) is 84.1 cm³/mol. The van der Waals surface area contributed by atoms with E-state index in [2.05, 4.69) is 9.88 Å². The van der Waals surface area contributed by atoms with Crippen LogP contribution in [0.25, 0.3) is 0 Å². The van der Waals surface area contributed by atoms with Gasteiger partial charge in [-0.2, -0.15) is 0 Å². The highest BCUT2D eigenvalue weighted by Crippen LogP contribution is 2.35. The number of ether oxygens (including phenoxy) is 1. The van der Waals surface area contributed by atoms with Crippen molar-refractivity contribution in [3.05, 3.63) is 46.4 Å². The molecule has 3 rings (SSSR count). The number of para-hydroxylation sites is 1. The Kier molecular flexibility index (Phi) is 4.70. The van der Waals surface area contributed by atoms with Gasteiger partial charge in [0.25, 0.3) is 0 Å². The number of likely N-dealkylation sites (tertiary alicyclic amines) is 1. The highest BCUT2D eigenvalue weighted by molar-refractivity contribution is 7.09. The van der Waals surface area contributed by atoms with Crippen molar-refractivity contribution in [2.45, 2.75) is 25.4 Å². The number of rotatable bonds is 6. The molecule has 2 aromatic rings. The summed E-state index contributed by atoms with van der Waals surface area (Å²) in [6.45, 7) is 1.46. The van der Waals surface area contributed by atoms with Crippen LogP contribution < -0.4 is 4.74 Å². The minimum atomic E-state index is -0.961. The molecule has 1 atom stereocenters. The molecule has 1 aliphatic rings. The van der Waals surface area contributed by atoms with E-state index in [9.17, 15) is 4.79 Å². The third-order valence-electron chi connectivity index (χ3n) is 3.80. The molecule has 6 heteroatoms. The molecule has 1 saturated heterocycles. The number of thiazole rings is 1. The number of benzene rings is 1. The van der Waals surface area contributed by atoms with E-state index in [0.717, 1.165) is 36.5 Å². The van der Waals surface area contributed by atoms with Crippen LogP contribution in [0.3, 0.4) is 0 Å². The molecule has 5 nitrogen and oxygen atoms in total. The Morgan fingerprint density at radius 1 is 1.45 bits per heavy atom. The van der Waals surface area contributed by atoms with Crippen molar-refractivity contribution in [3.8, 4) is 5.75 Å². The maximum atomic E-state index is 10.7. The quantitative estimate of drug-likeness (QED) is 0.887. The molecule has 116 valence electrons. The summed E-state index contributed by atoms with van der Waals surface area (Å²) in [5, 5.41) is 11.9. The highest BCUT2D eigenvalue weighted by Gasteiger charge is 2.28. The Labute approximate surface area is 133 Å². The summed E-state index contributed by atoms with van der Waals surface area (Å²) in [6.07, 6.45) is 4.12. The molecule has 0 radical (unpaired) electrons. The second-order valence-corrected chi connectivity index (χ2v) is 6.22. The molecule has 0 bridgehead atoms. The number of hydrogen-bond acceptors (Lipinski definition) is 5. The molecule has 0 spiro atoms. The first-order valence-corrected chi connectivity index (χ1v) is 8.18. The largest absolute Gasteiger partial charge is 0.482 e. The summed E-state index contributed by atoms with van der Waals surface area (Å²) in [5.74, 6) is -0.314. The lowest BCUT2D eigenvalue weighted by Crippen LogP contribution is -2.23. The van der Waals surface area contributed by atoms with Crippen molar-refractivity contribution in [1.82, 2.24) is 9.88 Å². The zero-order valence-electron chi connectivity index (χ0n) is 12.1. The third kappa shape index (κ3) is 3.45. The van der Waals surface area contributed by atoms with Gasteiger partial charge in [-0.25, -0.2) is 9.78 Å². The molecule has 0 amide bonds. The van der Waals surface area contributed by atoms with Gasteiger partial charge >= 0.3 is 5.97 Å². The summed E-state index contributed by atoms with van der Waals surface area (Å²) >= 11 is 1.69. The Morgan fingerprint density at radius 2 is 2.32 bits per heavy atom. The lowest BCUT2D eigenvalue weighted by Gasteiger charge is -2.23. The molecule has 2 heterocycles. The molecule has 1 N–H and O–H groups in total. The van der Waals surface area contributed by atoms with Gasteiger partial charge in [-0.15, -0.1) is 11.3 Å². The van der Waals surface area contributed by atoms with E-state index in [0.29, 0.717) is 11.8 Å². The number of hydrogen-bond donors (Lipinski definition) is 1. The van der Waals surface area contributed by atoms with Crippen molar-refractivity contribution in [2.75, 3.05) is 13.2 Å². The average molecular weight is 318 g/mol. The monoisotopic (exact) mass is 318 g/mol. The van der Waals surface area contributed by atoms with Gasteiger partial charge < -0.3 is 9.84 Å². The SMILES string of the molecule is O=C(O)COc1ccccc1CN1CCC[C@H]1c1nccs1. The van der Waals surface area contributed by atoms with Gasteiger partial charge in [-0.05, 0) is 25.5 Å². The van der Waals surface area contributed by atoms with Gasteiger partial charge in [0.15, 0.2) is 6.61 Å². The lowest BCUT2D eigenvalue weighted by atomic mass is 10.1. The average Bonchev–Trinajstić information content (AvgIpc) is 3.16. The van der Waals surface area contributed by atoms with Crippen LogP contribution in [0, 0.1) is 0 Å². The van der Waals surface area contributed by atoms with Gasteiger partial charge in [0.2, 0.25) is 0 Å². The molecule has 1 aromatic carbocycles. The predicted octanol–water partition coefficient (Wildman–Crippen LogP) is 2.94. The van der Waals surface area contributed by atoms with E-state index in [-0.39, 0.29) is 6.61 Å². The van der Waals surface area contributed by atoms with Crippen molar-refractivity contribution in [3.63, 3.8) is 0 Å². The van der Waals surface area contributed by atoms with Crippen molar-refractivity contribution in [2.24, 2.45) is 0 Å². The van der Waals surface area contributed by atoms with Gasteiger partial charge in [0.1, 0.15) is 10.8 Å². The van der Waals surface area contributed by atoms with Crippen LogP contribution >= 0.6 is 11.3 Å². The van der Waals surface area contributed by atoms with E-state index in [1.165, 1.54) is 0 Å². The summed E-state index contributed by atoms with van der Waals surface area (Å²) in [7, 11) is 0. The molecule has 0 saturated carbocycles. The van der Waals surface area contributed by atoms with Crippen molar-refractivity contribution < 1.29 is 14.6 Å². The number of aliphatic carboxylic acids is 1. The van der Waals surface area contributed by atoms with E-state index >= 15 is 0 Å². The molecule has 1 aliphatic heterocycles. The van der Waals surface area contributed by atoms with E-state index in [1.807, 2.05) is 35.8 Å². The summed E-state index contributed by atoms with van der Waals surface area (Å²) in [6, 6.07) is 7.99. The first kappa shape index (κ1) is 15.0. The number of carboxylic acid groups (broad SMARTS) is 1. The second-order valence-electron chi connectivity index (χ2n) is 5.29. The normalized spacial score (nSPS) is 18.5.